The Morgan fingerprint density at radius 3 is 2.74 bits per heavy atom. The van der Waals surface area contributed by atoms with Crippen molar-refractivity contribution in [2.45, 2.75) is 13.5 Å². The predicted octanol–water partition coefficient (Wildman–Crippen LogP) is 1.13. The van der Waals surface area contributed by atoms with Crippen LogP contribution in [0.15, 0.2) is 28.8 Å². The Kier molecular flexibility index (Phi) is 6.52. The summed E-state index contributed by atoms with van der Waals surface area (Å²) in [5.41, 5.74) is 0.699. The van der Waals surface area contributed by atoms with E-state index in [1.54, 1.807) is 38.3 Å². The Labute approximate surface area is 134 Å². The molecule has 0 bridgehead atoms. The summed E-state index contributed by atoms with van der Waals surface area (Å²) in [6.07, 6.45) is 0. The monoisotopic (exact) mass is 320 g/mol. The molecule has 2 N–H and O–H groups in total. The lowest BCUT2D eigenvalue weighted by Gasteiger charge is -2.08. The number of hydrogen-bond acceptors (Lipinski definition) is 7. The van der Waals surface area contributed by atoms with Crippen LogP contribution in [0.4, 0.5) is 5.69 Å². The predicted molar refractivity (Wildman–Crippen MR) is 83.2 cm³/mol. The number of benzene rings is 1. The molecule has 124 valence electrons. The van der Waals surface area contributed by atoms with Gasteiger partial charge in [0.1, 0.15) is 5.75 Å². The molecule has 0 aliphatic heterocycles. The summed E-state index contributed by atoms with van der Waals surface area (Å²) in [7, 11) is 1.62. The molecular formula is C15H20N4O4. The number of nitrogens with one attached hydrogen (secondary N) is 2. The number of methoxy groups -OCH3 is 1. The first kappa shape index (κ1) is 16.9. The molecule has 0 fully saturated rings. The maximum absolute atomic E-state index is 11.7. The third kappa shape index (κ3) is 6.05. The normalized spacial score (nSPS) is 10.5. The second kappa shape index (κ2) is 8.86. The number of carbonyl (C=O) groups is 1. The Morgan fingerprint density at radius 2 is 2.09 bits per heavy atom. The van der Waals surface area contributed by atoms with Crippen LogP contribution in [-0.2, 0) is 16.1 Å². The van der Waals surface area contributed by atoms with Crippen molar-refractivity contribution in [1.82, 2.24) is 15.5 Å². The maximum atomic E-state index is 11.7. The van der Waals surface area contributed by atoms with Crippen molar-refractivity contribution in [3.8, 4) is 5.75 Å². The molecule has 23 heavy (non-hydrogen) atoms. The SMILES string of the molecule is COCCNCC(=O)Nc1ccc(OCc2nc(C)no2)cc1. The molecule has 0 aliphatic rings. The van der Waals surface area contributed by atoms with Crippen molar-refractivity contribution in [1.29, 1.82) is 0 Å². The van der Waals surface area contributed by atoms with Crippen LogP contribution in [0, 0.1) is 6.92 Å². The topological polar surface area (TPSA) is 98.5 Å². The van der Waals surface area contributed by atoms with E-state index in [1.807, 2.05) is 0 Å². The van der Waals surface area contributed by atoms with Gasteiger partial charge in [0.25, 0.3) is 5.89 Å². The zero-order valence-corrected chi connectivity index (χ0v) is 13.2. The van der Waals surface area contributed by atoms with E-state index in [9.17, 15) is 4.79 Å². The van der Waals surface area contributed by atoms with Gasteiger partial charge >= 0.3 is 0 Å². The van der Waals surface area contributed by atoms with Gasteiger partial charge in [-0.2, -0.15) is 4.98 Å². The average Bonchev–Trinajstić information content (AvgIpc) is 2.96. The van der Waals surface area contributed by atoms with E-state index in [-0.39, 0.29) is 19.1 Å². The van der Waals surface area contributed by atoms with Gasteiger partial charge < -0.3 is 24.6 Å². The first-order chi connectivity index (χ1) is 11.2. The molecule has 1 heterocycles. The summed E-state index contributed by atoms with van der Waals surface area (Å²) in [4.78, 5) is 15.7. The van der Waals surface area contributed by atoms with Gasteiger partial charge in [0.05, 0.1) is 13.2 Å². The fourth-order valence-electron chi connectivity index (χ4n) is 1.76. The Morgan fingerprint density at radius 1 is 1.30 bits per heavy atom. The van der Waals surface area contributed by atoms with Crippen LogP contribution in [-0.4, -0.2) is 42.9 Å². The largest absolute Gasteiger partial charge is 0.484 e. The molecule has 0 saturated heterocycles. The summed E-state index contributed by atoms with van der Waals surface area (Å²) in [5, 5.41) is 9.44. The summed E-state index contributed by atoms with van der Waals surface area (Å²) < 4.78 is 15.4. The van der Waals surface area contributed by atoms with E-state index in [2.05, 4.69) is 20.8 Å². The maximum Gasteiger partial charge on any atom is 0.264 e. The molecular weight excluding hydrogens is 300 g/mol. The molecule has 1 amide bonds. The molecule has 0 aliphatic carbocycles. The van der Waals surface area contributed by atoms with Gasteiger partial charge in [0.15, 0.2) is 12.4 Å². The van der Waals surface area contributed by atoms with Crippen LogP contribution in [0.25, 0.3) is 0 Å². The number of hydrogen-bond donors (Lipinski definition) is 2. The number of carbonyl (C=O) groups excluding carboxylic acids is 1. The lowest BCUT2D eigenvalue weighted by atomic mass is 10.3. The van der Waals surface area contributed by atoms with E-state index < -0.39 is 0 Å². The average molecular weight is 320 g/mol. The lowest BCUT2D eigenvalue weighted by Crippen LogP contribution is -2.30. The van der Waals surface area contributed by atoms with Crippen LogP contribution >= 0.6 is 0 Å². The van der Waals surface area contributed by atoms with Crippen molar-refractivity contribution in [2.75, 3.05) is 32.1 Å². The molecule has 0 atom stereocenters. The molecule has 0 radical (unpaired) electrons. The van der Waals surface area contributed by atoms with Gasteiger partial charge in [0.2, 0.25) is 5.91 Å². The zero-order chi connectivity index (χ0) is 16.5. The molecule has 2 rings (SSSR count). The lowest BCUT2D eigenvalue weighted by molar-refractivity contribution is -0.115. The van der Waals surface area contributed by atoms with Gasteiger partial charge in [-0.3, -0.25) is 4.79 Å². The third-order valence-corrected chi connectivity index (χ3v) is 2.84. The Hall–Kier alpha value is -2.45. The van der Waals surface area contributed by atoms with Crippen LogP contribution in [0.5, 0.6) is 5.75 Å². The number of aryl methyl sites for hydroxylation is 1. The van der Waals surface area contributed by atoms with Crippen LogP contribution in [0.2, 0.25) is 0 Å². The first-order valence-corrected chi connectivity index (χ1v) is 7.19. The molecule has 8 heteroatoms. The summed E-state index contributed by atoms with van der Waals surface area (Å²) in [5.74, 6) is 1.52. The fourth-order valence-corrected chi connectivity index (χ4v) is 1.76. The molecule has 0 spiro atoms. The highest BCUT2D eigenvalue weighted by Gasteiger charge is 2.05. The van der Waals surface area contributed by atoms with Crippen molar-refractivity contribution >= 4 is 11.6 Å². The number of nitrogens with zero attached hydrogens (tertiary/aromatic N) is 2. The van der Waals surface area contributed by atoms with Crippen molar-refractivity contribution in [3.05, 3.63) is 36.0 Å². The van der Waals surface area contributed by atoms with E-state index in [1.165, 1.54) is 0 Å². The molecule has 8 nitrogen and oxygen atoms in total. The van der Waals surface area contributed by atoms with Gasteiger partial charge in [-0.05, 0) is 31.2 Å². The number of aromatic nitrogens is 2. The van der Waals surface area contributed by atoms with E-state index >= 15 is 0 Å². The first-order valence-electron chi connectivity index (χ1n) is 7.19. The van der Waals surface area contributed by atoms with Crippen molar-refractivity contribution in [2.24, 2.45) is 0 Å². The molecule has 1 aromatic heterocycles. The highest BCUT2D eigenvalue weighted by molar-refractivity contribution is 5.92. The molecule has 2 aromatic rings. The molecule has 1 aromatic carbocycles. The summed E-state index contributed by atoms with van der Waals surface area (Å²) >= 11 is 0. The smallest absolute Gasteiger partial charge is 0.264 e. The van der Waals surface area contributed by atoms with Gasteiger partial charge in [-0.1, -0.05) is 5.16 Å². The summed E-state index contributed by atoms with van der Waals surface area (Å²) in [6, 6.07) is 7.05. The van der Waals surface area contributed by atoms with Gasteiger partial charge in [-0.25, -0.2) is 0 Å². The third-order valence-electron chi connectivity index (χ3n) is 2.84. The quantitative estimate of drug-likeness (QED) is 0.668. The summed E-state index contributed by atoms with van der Waals surface area (Å²) in [6.45, 7) is 3.38. The number of anilines is 1. The van der Waals surface area contributed by atoms with Crippen molar-refractivity contribution in [3.63, 3.8) is 0 Å². The van der Waals surface area contributed by atoms with Crippen LogP contribution in [0.1, 0.15) is 11.7 Å². The molecule has 0 unspecified atom stereocenters. The Balaban J connectivity index is 1.74. The van der Waals surface area contributed by atoms with Gasteiger partial charge in [0, 0.05) is 19.3 Å². The highest BCUT2D eigenvalue weighted by atomic mass is 16.5. The highest BCUT2D eigenvalue weighted by Crippen LogP contribution is 2.16. The number of amides is 1. The van der Waals surface area contributed by atoms with Crippen LogP contribution < -0.4 is 15.4 Å². The fraction of sp³-hybridized carbons (Fsp3) is 0.400. The number of rotatable bonds is 9. The Bertz CT molecular complexity index is 612. The van der Waals surface area contributed by atoms with Crippen molar-refractivity contribution < 1.29 is 18.8 Å². The van der Waals surface area contributed by atoms with Gasteiger partial charge in [-0.15, -0.1) is 0 Å². The number of ether oxygens (including phenoxy) is 2. The van der Waals surface area contributed by atoms with Crippen LogP contribution in [0.3, 0.4) is 0 Å². The van der Waals surface area contributed by atoms with E-state index in [0.29, 0.717) is 36.3 Å². The van der Waals surface area contributed by atoms with E-state index in [0.717, 1.165) is 0 Å². The minimum atomic E-state index is -0.115. The second-order valence-electron chi connectivity index (χ2n) is 4.77. The zero-order valence-electron chi connectivity index (χ0n) is 13.2. The molecule has 0 saturated carbocycles. The minimum absolute atomic E-state index is 0.115. The minimum Gasteiger partial charge on any atom is -0.484 e. The second-order valence-corrected chi connectivity index (χ2v) is 4.77. The van der Waals surface area contributed by atoms with E-state index in [4.69, 9.17) is 14.0 Å². The standard InChI is InChI=1S/C15H20N4O4/c1-11-17-15(23-19-11)10-22-13-5-3-12(4-6-13)18-14(20)9-16-7-8-21-2/h3-6,16H,7-10H2,1-2H3,(H,18,20).